The van der Waals surface area contributed by atoms with Crippen LogP contribution in [0.2, 0.25) is 0 Å². The molecule has 0 aromatic heterocycles. The highest BCUT2D eigenvalue weighted by molar-refractivity contribution is 4.93. The zero-order chi connectivity index (χ0) is 8.43. The molecule has 0 nitrogen and oxygen atoms in total. The first-order valence-corrected chi connectivity index (χ1v) is 5.20. The lowest BCUT2D eigenvalue weighted by Gasteiger charge is -2.06. The second-order valence-electron chi connectivity index (χ2n) is 4.34. The van der Waals surface area contributed by atoms with Crippen LogP contribution in [0.25, 0.3) is 0 Å². The Kier molecular flexibility index (Phi) is 2.98. The van der Waals surface area contributed by atoms with Gasteiger partial charge in [0.15, 0.2) is 0 Å². The van der Waals surface area contributed by atoms with Crippen molar-refractivity contribution in [3.63, 3.8) is 0 Å². The Morgan fingerprint density at radius 2 is 1.82 bits per heavy atom. The number of hydrogen-bond donors (Lipinski definition) is 0. The van der Waals surface area contributed by atoms with Crippen molar-refractivity contribution < 1.29 is 0 Å². The molecule has 0 aliphatic heterocycles. The Hall–Kier alpha value is 0. The van der Waals surface area contributed by atoms with Crippen LogP contribution in [0, 0.1) is 23.7 Å². The zero-order valence-electron chi connectivity index (χ0n) is 8.43. The molecule has 4 unspecified atom stereocenters. The van der Waals surface area contributed by atoms with Crippen LogP contribution in [0.5, 0.6) is 0 Å². The Labute approximate surface area is 71.4 Å². The highest BCUT2D eigenvalue weighted by Crippen LogP contribution is 2.51. The first-order valence-electron chi connectivity index (χ1n) is 5.20. The average Bonchev–Trinajstić information content (AvgIpc) is 2.61. The molecule has 1 saturated carbocycles. The first-order chi connectivity index (χ1) is 5.20. The van der Waals surface area contributed by atoms with E-state index in [1.165, 1.54) is 19.3 Å². The number of hydrogen-bond acceptors (Lipinski definition) is 0. The maximum Gasteiger partial charge on any atom is -0.0352 e. The van der Waals surface area contributed by atoms with E-state index in [1.54, 1.807) is 0 Å². The third kappa shape index (κ3) is 1.98. The van der Waals surface area contributed by atoms with Gasteiger partial charge in [0, 0.05) is 0 Å². The summed E-state index contributed by atoms with van der Waals surface area (Å²) in [7, 11) is 0. The lowest BCUT2D eigenvalue weighted by atomic mass is 10.00. The summed E-state index contributed by atoms with van der Waals surface area (Å²) in [6.45, 7) is 9.44. The molecule has 0 aromatic carbocycles. The third-order valence-electron chi connectivity index (χ3n) is 3.60. The van der Waals surface area contributed by atoms with Gasteiger partial charge in [-0.2, -0.15) is 0 Å². The Morgan fingerprint density at radius 1 is 1.18 bits per heavy atom. The zero-order valence-corrected chi connectivity index (χ0v) is 8.43. The van der Waals surface area contributed by atoms with E-state index >= 15 is 0 Å². The van der Waals surface area contributed by atoms with E-state index in [1.807, 2.05) is 0 Å². The van der Waals surface area contributed by atoms with Crippen molar-refractivity contribution in [1.29, 1.82) is 0 Å². The topological polar surface area (TPSA) is 0 Å². The summed E-state index contributed by atoms with van der Waals surface area (Å²) in [6, 6.07) is 0. The summed E-state index contributed by atoms with van der Waals surface area (Å²) >= 11 is 0. The van der Waals surface area contributed by atoms with E-state index in [9.17, 15) is 0 Å². The molecule has 1 fully saturated rings. The summed E-state index contributed by atoms with van der Waals surface area (Å²) in [6.07, 6.45) is 4.25. The highest BCUT2D eigenvalue weighted by Gasteiger charge is 2.44. The molecule has 0 N–H and O–H groups in total. The molecule has 0 saturated heterocycles. The van der Waals surface area contributed by atoms with Crippen LogP contribution in [0.3, 0.4) is 0 Å². The van der Waals surface area contributed by atoms with Gasteiger partial charge in [-0.05, 0) is 30.1 Å². The smallest absolute Gasteiger partial charge is 0.0352 e. The van der Waals surface area contributed by atoms with E-state index in [-0.39, 0.29) is 0 Å². The molecule has 0 radical (unpaired) electrons. The van der Waals surface area contributed by atoms with Gasteiger partial charge in [-0.3, -0.25) is 0 Å². The summed E-state index contributed by atoms with van der Waals surface area (Å²) in [5, 5.41) is 0. The van der Waals surface area contributed by atoms with Gasteiger partial charge in [0.1, 0.15) is 0 Å². The average molecular weight is 154 g/mol. The van der Waals surface area contributed by atoms with Gasteiger partial charge in [-0.1, -0.05) is 40.5 Å². The van der Waals surface area contributed by atoms with Crippen LogP contribution in [0.1, 0.15) is 47.0 Å². The molecule has 0 heterocycles. The fourth-order valence-corrected chi connectivity index (χ4v) is 2.33. The largest absolute Gasteiger partial charge is 0.0651 e. The first kappa shape index (κ1) is 9.09. The minimum Gasteiger partial charge on any atom is -0.0651 e. The SMILES string of the molecule is CCC(C)CC1C(C)C1CC. The quantitative estimate of drug-likeness (QED) is 0.579. The highest BCUT2D eigenvalue weighted by atomic mass is 14.5. The molecule has 0 heteroatoms. The predicted octanol–water partition coefficient (Wildman–Crippen LogP) is 3.71. The van der Waals surface area contributed by atoms with Gasteiger partial charge in [-0.25, -0.2) is 0 Å². The lowest BCUT2D eigenvalue weighted by Crippen LogP contribution is -1.94. The Morgan fingerprint density at radius 3 is 2.18 bits per heavy atom. The standard InChI is InChI=1S/C11H22/c1-5-8(3)7-11-9(4)10(11)6-2/h8-11H,5-7H2,1-4H3. The van der Waals surface area contributed by atoms with E-state index < -0.39 is 0 Å². The third-order valence-corrected chi connectivity index (χ3v) is 3.60. The van der Waals surface area contributed by atoms with Crippen molar-refractivity contribution >= 4 is 0 Å². The second-order valence-corrected chi connectivity index (χ2v) is 4.34. The molecular formula is C11H22. The fourth-order valence-electron chi connectivity index (χ4n) is 2.33. The van der Waals surface area contributed by atoms with Crippen LogP contribution in [0.4, 0.5) is 0 Å². The summed E-state index contributed by atoms with van der Waals surface area (Å²) in [5.41, 5.74) is 0. The maximum absolute atomic E-state index is 2.42. The summed E-state index contributed by atoms with van der Waals surface area (Å²) < 4.78 is 0. The van der Waals surface area contributed by atoms with Crippen LogP contribution in [0.15, 0.2) is 0 Å². The van der Waals surface area contributed by atoms with Crippen molar-refractivity contribution in [2.45, 2.75) is 47.0 Å². The molecule has 0 bridgehead atoms. The van der Waals surface area contributed by atoms with Crippen molar-refractivity contribution in [2.75, 3.05) is 0 Å². The molecule has 11 heavy (non-hydrogen) atoms. The normalized spacial score (nSPS) is 38.7. The molecular weight excluding hydrogens is 132 g/mol. The predicted molar refractivity (Wildman–Crippen MR) is 50.5 cm³/mol. The summed E-state index contributed by atoms with van der Waals surface area (Å²) in [4.78, 5) is 0. The van der Waals surface area contributed by atoms with Crippen molar-refractivity contribution in [2.24, 2.45) is 23.7 Å². The fraction of sp³-hybridized carbons (Fsp3) is 1.00. The van der Waals surface area contributed by atoms with Crippen LogP contribution in [-0.2, 0) is 0 Å². The minimum atomic E-state index is 0.957. The lowest BCUT2D eigenvalue weighted by molar-refractivity contribution is 0.455. The molecule has 66 valence electrons. The molecule has 1 aliphatic carbocycles. The molecule has 0 aromatic rings. The van der Waals surface area contributed by atoms with E-state index in [2.05, 4.69) is 27.7 Å². The second kappa shape index (κ2) is 3.60. The van der Waals surface area contributed by atoms with Crippen molar-refractivity contribution in [3.8, 4) is 0 Å². The molecule has 0 amide bonds. The minimum absolute atomic E-state index is 0.957. The van der Waals surface area contributed by atoms with Gasteiger partial charge in [0.05, 0.1) is 0 Å². The van der Waals surface area contributed by atoms with Crippen LogP contribution in [-0.4, -0.2) is 0 Å². The van der Waals surface area contributed by atoms with Gasteiger partial charge in [0.2, 0.25) is 0 Å². The Balaban J connectivity index is 2.20. The number of rotatable bonds is 4. The summed E-state index contributed by atoms with van der Waals surface area (Å²) in [5.74, 6) is 4.15. The molecule has 1 rings (SSSR count). The van der Waals surface area contributed by atoms with Gasteiger partial charge < -0.3 is 0 Å². The molecule has 1 aliphatic rings. The van der Waals surface area contributed by atoms with E-state index in [0.29, 0.717) is 0 Å². The monoisotopic (exact) mass is 154 g/mol. The Bertz CT molecular complexity index is 117. The van der Waals surface area contributed by atoms with Gasteiger partial charge >= 0.3 is 0 Å². The van der Waals surface area contributed by atoms with Crippen LogP contribution < -0.4 is 0 Å². The van der Waals surface area contributed by atoms with E-state index in [0.717, 1.165) is 23.7 Å². The van der Waals surface area contributed by atoms with Crippen LogP contribution >= 0.6 is 0 Å². The molecule has 4 atom stereocenters. The van der Waals surface area contributed by atoms with Crippen molar-refractivity contribution in [3.05, 3.63) is 0 Å². The van der Waals surface area contributed by atoms with E-state index in [4.69, 9.17) is 0 Å². The van der Waals surface area contributed by atoms with Crippen molar-refractivity contribution in [1.82, 2.24) is 0 Å². The molecule has 0 spiro atoms. The maximum atomic E-state index is 2.42. The van der Waals surface area contributed by atoms with Gasteiger partial charge in [-0.15, -0.1) is 0 Å². The van der Waals surface area contributed by atoms with Gasteiger partial charge in [0.25, 0.3) is 0 Å².